The van der Waals surface area contributed by atoms with Crippen LogP contribution in [0.1, 0.15) is 65.7 Å². The Labute approximate surface area is 108 Å². The molecular weight excluding hydrogens is 206 g/mol. The molecule has 1 nitrogen and oxygen atoms in total. The Balaban J connectivity index is 1.74. The monoisotopic (exact) mass is 237 g/mol. The SMILES string of the molecule is CCC1CCC(N2CCC(C(C)C)CC2)CC1. The molecule has 0 bridgehead atoms. The van der Waals surface area contributed by atoms with Crippen LogP contribution in [0.3, 0.4) is 0 Å². The number of nitrogens with zero attached hydrogens (tertiary/aromatic N) is 1. The highest BCUT2D eigenvalue weighted by Gasteiger charge is 2.29. The van der Waals surface area contributed by atoms with Crippen molar-refractivity contribution in [1.82, 2.24) is 4.90 Å². The van der Waals surface area contributed by atoms with Crippen molar-refractivity contribution in [2.75, 3.05) is 13.1 Å². The van der Waals surface area contributed by atoms with Gasteiger partial charge in [0.25, 0.3) is 0 Å². The van der Waals surface area contributed by atoms with Crippen molar-refractivity contribution in [2.45, 2.75) is 71.8 Å². The smallest absolute Gasteiger partial charge is 0.00954 e. The fourth-order valence-corrected chi connectivity index (χ4v) is 3.87. The Morgan fingerprint density at radius 3 is 2.00 bits per heavy atom. The summed E-state index contributed by atoms with van der Waals surface area (Å²) in [6.45, 7) is 9.91. The molecule has 0 aromatic rings. The van der Waals surface area contributed by atoms with Crippen LogP contribution in [0.5, 0.6) is 0 Å². The van der Waals surface area contributed by atoms with Crippen LogP contribution in [0, 0.1) is 17.8 Å². The summed E-state index contributed by atoms with van der Waals surface area (Å²) in [5.41, 5.74) is 0. The topological polar surface area (TPSA) is 3.24 Å². The average Bonchev–Trinajstić information content (AvgIpc) is 2.39. The van der Waals surface area contributed by atoms with E-state index in [0.29, 0.717) is 0 Å². The molecule has 0 radical (unpaired) electrons. The normalized spacial score (nSPS) is 33.2. The first-order chi connectivity index (χ1) is 8.20. The lowest BCUT2D eigenvalue weighted by Crippen LogP contribution is -2.43. The summed E-state index contributed by atoms with van der Waals surface area (Å²) in [6.07, 6.45) is 10.2. The Kier molecular flexibility index (Phi) is 4.90. The van der Waals surface area contributed by atoms with Crippen molar-refractivity contribution in [3.63, 3.8) is 0 Å². The molecule has 1 aliphatic heterocycles. The van der Waals surface area contributed by atoms with Crippen LogP contribution in [-0.4, -0.2) is 24.0 Å². The van der Waals surface area contributed by atoms with Crippen LogP contribution in [0.15, 0.2) is 0 Å². The van der Waals surface area contributed by atoms with Gasteiger partial charge in [-0.1, -0.05) is 27.2 Å². The first-order valence-electron chi connectivity index (χ1n) is 7.94. The van der Waals surface area contributed by atoms with E-state index in [0.717, 1.165) is 23.8 Å². The van der Waals surface area contributed by atoms with Gasteiger partial charge >= 0.3 is 0 Å². The lowest BCUT2D eigenvalue weighted by atomic mass is 9.81. The van der Waals surface area contributed by atoms with E-state index >= 15 is 0 Å². The van der Waals surface area contributed by atoms with Gasteiger partial charge in [0.15, 0.2) is 0 Å². The number of piperidine rings is 1. The Morgan fingerprint density at radius 2 is 1.53 bits per heavy atom. The van der Waals surface area contributed by atoms with Crippen LogP contribution in [0.4, 0.5) is 0 Å². The van der Waals surface area contributed by atoms with Crippen molar-refractivity contribution >= 4 is 0 Å². The van der Waals surface area contributed by atoms with Crippen LogP contribution in [0.25, 0.3) is 0 Å². The van der Waals surface area contributed by atoms with Gasteiger partial charge in [0.2, 0.25) is 0 Å². The summed E-state index contributed by atoms with van der Waals surface area (Å²) in [6, 6.07) is 0.936. The first-order valence-corrected chi connectivity index (χ1v) is 7.94. The molecule has 17 heavy (non-hydrogen) atoms. The van der Waals surface area contributed by atoms with E-state index < -0.39 is 0 Å². The minimum absolute atomic E-state index is 0.896. The van der Waals surface area contributed by atoms with Crippen molar-refractivity contribution in [3.8, 4) is 0 Å². The van der Waals surface area contributed by atoms with E-state index in [4.69, 9.17) is 0 Å². The molecule has 100 valence electrons. The van der Waals surface area contributed by atoms with Gasteiger partial charge < -0.3 is 4.90 Å². The van der Waals surface area contributed by atoms with Gasteiger partial charge in [-0.05, 0) is 69.4 Å². The zero-order valence-electron chi connectivity index (χ0n) is 12.1. The van der Waals surface area contributed by atoms with E-state index in [1.807, 2.05) is 0 Å². The zero-order valence-corrected chi connectivity index (χ0v) is 12.1. The molecule has 1 aliphatic carbocycles. The third-order valence-corrected chi connectivity index (χ3v) is 5.43. The Morgan fingerprint density at radius 1 is 0.941 bits per heavy atom. The number of hydrogen-bond donors (Lipinski definition) is 0. The van der Waals surface area contributed by atoms with Crippen LogP contribution < -0.4 is 0 Å². The molecule has 0 unspecified atom stereocenters. The van der Waals surface area contributed by atoms with Crippen molar-refractivity contribution in [2.24, 2.45) is 17.8 Å². The minimum Gasteiger partial charge on any atom is -0.300 e. The van der Waals surface area contributed by atoms with E-state index in [2.05, 4.69) is 25.7 Å². The van der Waals surface area contributed by atoms with Gasteiger partial charge in [-0.2, -0.15) is 0 Å². The predicted molar refractivity (Wildman–Crippen MR) is 75.2 cm³/mol. The van der Waals surface area contributed by atoms with Gasteiger partial charge in [0, 0.05) is 6.04 Å². The summed E-state index contributed by atoms with van der Waals surface area (Å²) >= 11 is 0. The van der Waals surface area contributed by atoms with E-state index in [1.165, 1.54) is 58.0 Å². The standard InChI is InChI=1S/C16H31N/c1-4-14-5-7-16(8-6-14)17-11-9-15(10-12-17)13(2)3/h13-16H,4-12H2,1-3H3. The second-order valence-corrected chi connectivity index (χ2v) is 6.70. The lowest BCUT2D eigenvalue weighted by molar-refractivity contribution is 0.0826. The molecule has 2 aliphatic rings. The fourth-order valence-electron chi connectivity index (χ4n) is 3.87. The maximum atomic E-state index is 2.81. The molecule has 0 aromatic heterocycles. The summed E-state index contributed by atoms with van der Waals surface area (Å²) in [7, 11) is 0. The maximum absolute atomic E-state index is 2.81. The summed E-state index contributed by atoms with van der Waals surface area (Å²) < 4.78 is 0. The molecule has 0 atom stereocenters. The van der Waals surface area contributed by atoms with Crippen molar-refractivity contribution in [3.05, 3.63) is 0 Å². The van der Waals surface area contributed by atoms with E-state index in [9.17, 15) is 0 Å². The quantitative estimate of drug-likeness (QED) is 0.706. The fraction of sp³-hybridized carbons (Fsp3) is 1.00. The van der Waals surface area contributed by atoms with Crippen molar-refractivity contribution < 1.29 is 0 Å². The molecule has 2 rings (SSSR count). The molecule has 1 heterocycles. The van der Waals surface area contributed by atoms with Gasteiger partial charge in [-0.15, -0.1) is 0 Å². The second kappa shape index (κ2) is 6.22. The number of rotatable bonds is 3. The van der Waals surface area contributed by atoms with Gasteiger partial charge in [0.05, 0.1) is 0 Å². The van der Waals surface area contributed by atoms with Crippen LogP contribution in [-0.2, 0) is 0 Å². The third kappa shape index (κ3) is 3.47. The highest BCUT2D eigenvalue weighted by molar-refractivity contribution is 4.83. The van der Waals surface area contributed by atoms with Gasteiger partial charge in [-0.25, -0.2) is 0 Å². The molecule has 1 heteroatoms. The molecule has 0 N–H and O–H groups in total. The zero-order chi connectivity index (χ0) is 12.3. The summed E-state index contributed by atoms with van der Waals surface area (Å²) in [5.74, 6) is 2.94. The molecule has 0 aromatic carbocycles. The molecular formula is C16H31N. The van der Waals surface area contributed by atoms with E-state index in [-0.39, 0.29) is 0 Å². The molecule has 0 spiro atoms. The molecule has 1 saturated carbocycles. The molecule has 0 amide bonds. The summed E-state index contributed by atoms with van der Waals surface area (Å²) in [5, 5.41) is 0. The maximum Gasteiger partial charge on any atom is 0.00954 e. The van der Waals surface area contributed by atoms with Crippen LogP contribution >= 0.6 is 0 Å². The molecule has 1 saturated heterocycles. The summed E-state index contributed by atoms with van der Waals surface area (Å²) in [4.78, 5) is 2.81. The first kappa shape index (κ1) is 13.4. The predicted octanol–water partition coefficient (Wildman–Crippen LogP) is 4.32. The Hall–Kier alpha value is -0.0400. The molecule has 2 fully saturated rings. The highest BCUT2D eigenvalue weighted by Crippen LogP contribution is 2.32. The average molecular weight is 237 g/mol. The van der Waals surface area contributed by atoms with Gasteiger partial charge in [-0.3, -0.25) is 0 Å². The van der Waals surface area contributed by atoms with Gasteiger partial charge in [0.1, 0.15) is 0 Å². The van der Waals surface area contributed by atoms with Crippen molar-refractivity contribution in [1.29, 1.82) is 0 Å². The second-order valence-electron chi connectivity index (χ2n) is 6.70. The number of likely N-dealkylation sites (tertiary alicyclic amines) is 1. The minimum atomic E-state index is 0.896. The number of hydrogen-bond acceptors (Lipinski definition) is 1. The third-order valence-electron chi connectivity index (χ3n) is 5.43. The van der Waals surface area contributed by atoms with E-state index in [1.54, 1.807) is 0 Å². The lowest BCUT2D eigenvalue weighted by Gasteiger charge is -2.41. The largest absolute Gasteiger partial charge is 0.300 e. The highest BCUT2D eigenvalue weighted by atomic mass is 15.2. The Bertz CT molecular complexity index is 208. The van der Waals surface area contributed by atoms with Crippen LogP contribution in [0.2, 0.25) is 0 Å².